The van der Waals surface area contributed by atoms with Crippen LogP contribution in [0.2, 0.25) is 5.02 Å². The van der Waals surface area contributed by atoms with E-state index in [4.69, 9.17) is 11.6 Å². The second kappa shape index (κ2) is 8.07. The molecule has 0 aliphatic rings. The van der Waals surface area contributed by atoms with E-state index in [1.165, 1.54) is 23.1 Å². The summed E-state index contributed by atoms with van der Waals surface area (Å²) < 4.78 is 2.85. The molecule has 2 aromatic heterocycles. The van der Waals surface area contributed by atoms with Gasteiger partial charge in [-0.1, -0.05) is 40.8 Å². The molecule has 3 aromatic rings. The fraction of sp³-hybridized carbons (Fsp3) is 0.167. The van der Waals surface area contributed by atoms with Gasteiger partial charge in [-0.25, -0.2) is 0 Å². The molecular formula is C18H17ClN4OS2. The summed E-state index contributed by atoms with van der Waals surface area (Å²) in [5, 5.41) is 11.6. The quantitative estimate of drug-likeness (QED) is 0.351. The van der Waals surface area contributed by atoms with E-state index in [1.54, 1.807) is 18.2 Å². The van der Waals surface area contributed by atoms with Crippen LogP contribution in [-0.2, 0) is 0 Å². The van der Waals surface area contributed by atoms with Crippen molar-refractivity contribution in [2.75, 3.05) is 11.1 Å². The number of halogens is 1. The summed E-state index contributed by atoms with van der Waals surface area (Å²) in [7, 11) is 0. The summed E-state index contributed by atoms with van der Waals surface area (Å²) in [6, 6.07) is 9.48. The second-order valence-corrected chi connectivity index (χ2v) is 8.19. The van der Waals surface area contributed by atoms with E-state index in [-0.39, 0.29) is 5.91 Å². The number of rotatable bonds is 6. The Morgan fingerprint density at radius 3 is 2.73 bits per heavy atom. The van der Waals surface area contributed by atoms with Gasteiger partial charge in [0.1, 0.15) is 0 Å². The average molecular weight is 405 g/mol. The van der Waals surface area contributed by atoms with Crippen molar-refractivity contribution in [3.05, 3.63) is 65.0 Å². The van der Waals surface area contributed by atoms with Crippen LogP contribution in [0.4, 0.5) is 5.13 Å². The number of anilines is 1. The van der Waals surface area contributed by atoms with E-state index >= 15 is 0 Å². The van der Waals surface area contributed by atoms with Crippen LogP contribution in [0.5, 0.6) is 0 Å². The third kappa shape index (κ3) is 4.00. The van der Waals surface area contributed by atoms with Crippen molar-refractivity contribution in [2.45, 2.75) is 18.2 Å². The molecule has 0 fully saturated rings. The number of aryl methyl sites for hydroxylation is 2. The van der Waals surface area contributed by atoms with Crippen LogP contribution < -0.4 is 5.32 Å². The molecule has 0 atom stereocenters. The lowest BCUT2D eigenvalue weighted by Crippen LogP contribution is -2.13. The number of hydrogen-bond donors (Lipinski definition) is 1. The van der Waals surface area contributed by atoms with Gasteiger partial charge in [0.05, 0.1) is 10.6 Å². The van der Waals surface area contributed by atoms with E-state index in [0.29, 0.717) is 15.7 Å². The summed E-state index contributed by atoms with van der Waals surface area (Å²) in [6.45, 7) is 7.71. The van der Waals surface area contributed by atoms with Crippen LogP contribution in [0.15, 0.2) is 47.3 Å². The van der Waals surface area contributed by atoms with Gasteiger partial charge in [-0.2, -0.15) is 0 Å². The highest BCUT2D eigenvalue weighted by atomic mass is 35.5. The third-order valence-corrected chi connectivity index (χ3v) is 5.97. The highest BCUT2D eigenvalue weighted by Gasteiger charge is 2.15. The molecule has 1 N–H and O–H groups in total. The fourth-order valence-corrected chi connectivity index (χ4v) is 4.23. The molecule has 0 bridgehead atoms. The van der Waals surface area contributed by atoms with Gasteiger partial charge in [-0.05, 0) is 44.2 Å². The number of hydrogen-bond acceptors (Lipinski definition) is 5. The van der Waals surface area contributed by atoms with Crippen molar-refractivity contribution in [3.63, 3.8) is 0 Å². The Bertz CT molecular complexity index is 945. The van der Waals surface area contributed by atoms with Crippen LogP contribution in [0.25, 0.3) is 5.69 Å². The highest BCUT2D eigenvalue weighted by molar-refractivity contribution is 8.01. The molecule has 0 unspecified atom stereocenters. The Morgan fingerprint density at radius 1 is 1.31 bits per heavy atom. The minimum Gasteiger partial charge on any atom is -0.318 e. The molecule has 26 heavy (non-hydrogen) atoms. The Balaban J connectivity index is 1.84. The van der Waals surface area contributed by atoms with Gasteiger partial charge in [-0.3, -0.25) is 10.1 Å². The largest absolute Gasteiger partial charge is 0.318 e. The minimum atomic E-state index is -0.310. The minimum absolute atomic E-state index is 0.310. The number of amides is 1. The van der Waals surface area contributed by atoms with E-state index in [0.717, 1.165) is 27.2 Å². The van der Waals surface area contributed by atoms with Gasteiger partial charge < -0.3 is 4.57 Å². The first-order valence-corrected chi connectivity index (χ1v) is 10.0. The Labute approximate surface area is 165 Å². The molecule has 0 aliphatic heterocycles. The number of nitrogens with one attached hydrogen (secondary N) is 1. The predicted molar refractivity (Wildman–Crippen MR) is 109 cm³/mol. The number of nitrogens with zero attached hydrogens (tertiary/aromatic N) is 3. The first-order chi connectivity index (χ1) is 12.5. The topological polar surface area (TPSA) is 59.8 Å². The zero-order valence-corrected chi connectivity index (χ0v) is 16.7. The SMILES string of the molecule is C=CCSc1nnc(NC(=O)c2cc(-n3c(C)ccc3C)ccc2Cl)s1. The van der Waals surface area contributed by atoms with E-state index in [2.05, 4.69) is 26.7 Å². The number of carbonyl (C=O) groups is 1. The number of carbonyl (C=O) groups excluding carboxylic acids is 1. The molecule has 0 radical (unpaired) electrons. The summed E-state index contributed by atoms with van der Waals surface area (Å²) in [6.07, 6.45) is 1.79. The fourth-order valence-electron chi connectivity index (χ4n) is 2.52. The maximum absolute atomic E-state index is 12.7. The van der Waals surface area contributed by atoms with Gasteiger partial charge in [-0.15, -0.1) is 16.8 Å². The summed E-state index contributed by atoms with van der Waals surface area (Å²) in [4.78, 5) is 12.7. The molecule has 134 valence electrons. The Hall–Kier alpha value is -2.09. The lowest BCUT2D eigenvalue weighted by molar-refractivity contribution is 0.102. The van der Waals surface area contributed by atoms with Crippen LogP contribution in [-0.4, -0.2) is 26.4 Å². The van der Waals surface area contributed by atoms with Crippen molar-refractivity contribution in [2.24, 2.45) is 0 Å². The van der Waals surface area contributed by atoms with Crippen LogP contribution >= 0.6 is 34.7 Å². The molecular weight excluding hydrogens is 388 g/mol. The highest BCUT2D eigenvalue weighted by Crippen LogP contribution is 2.27. The smallest absolute Gasteiger partial charge is 0.259 e. The number of benzene rings is 1. The Kier molecular flexibility index (Phi) is 5.80. The molecule has 1 amide bonds. The van der Waals surface area contributed by atoms with Crippen LogP contribution in [0, 0.1) is 13.8 Å². The average Bonchev–Trinajstić information content (AvgIpc) is 3.20. The van der Waals surface area contributed by atoms with Crippen molar-refractivity contribution in [3.8, 4) is 5.69 Å². The van der Waals surface area contributed by atoms with Gasteiger partial charge >= 0.3 is 0 Å². The Morgan fingerprint density at radius 2 is 2.04 bits per heavy atom. The maximum atomic E-state index is 12.7. The van der Waals surface area contributed by atoms with E-state index in [9.17, 15) is 4.79 Å². The van der Waals surface area contributed by atoms with Crippen LogP contribution in [0.3, 0.4) is 0 Å². The van der Waals surface area contributed by atoms with E-state index in [1.807, 2.05) is 32.0 Å². The molecule has 0 saturated carbocycles. The molecule has 1 aromatic carbocycles. The summed E-state index contributed by atoms with van der Waals surface area (Å²) in [5.41, 5.74) is 3.46. The summed E-state index contributed by atoms with van der Waals surface area (Å²) >= 11 is 9.09. The van der Waals surface area contributed by atoms with Crippen molar-refractivity contribution in [1.82, 2.24) is 14.8 Å². The molecule has 8 heteroatoms. The lowest BCUT2D eigenvalue weighted by atomic mass is 10.1. The third-order valence-electron chi connectivity index (χ3n) is 3.68. The second-order valence-electron chi connectivity index (χ2n) is 5.54. The predicted octanol–water partition coefficient (Wildman–Crippen LogP) is 5.13. The zero-order valence-electron chi connectivity index (χ0n) is 14.3. The number of thioether (sulfide) groups is 1. The zero-order chi connectivity index (χ0) is 18.7. The van der Waals surface area contributed by atoms with Crippen molar-refractivity contribution in [1.29, 1.82) is 0 Å². The van der Waals surface area contributed by atoms with Gasteiger partial charge in [0.25, 0.3) is 5.91 Å². The molecule has 0 spiro atoms. The lowest BCUT2D eigenvalue weighted by Gasteiger charge is -2.12. The first-order valence-electron chi connectivity index (χ1n) is 7.83. The van der Waals surface area contributed by atoms with Gasteiger partial charge in [0, 0.05) is 22.8 Å². The normalized spacial score (nSPS) is 10.7. The molecule has 0 saturated heterocycles. The summed E-state index contributed by atoms with van der Waals surface area (Å²) in [5.74, 6) is 0.433. The van der Waals surface area contributed by atoms with Crippen molar-refractivity contribution >= 4 is 45.7 Å². The van der Waals surface area contributed by atoms with Gasteiger partial charge in [0.2, 0.25) is 5.13 Å². The maximum Gasteiger partial charge on any atom is 0.259 e. The first kappa shape index (κ1) is 18.7. The van der Waals surface area contributed by atoms with E-state index < -0.39 is 0 Å². The molecule has 2 heterocycles. The molecule has 0 aliphatic carbocycles. The van der Waals surface area contributed by atoms with Crippen LogP contribution in [0.1, 0.15) is 21.7 Å². The number of aromatic nitrogens is 3. The monoisotopic (exact) mass is 404 g/mol. The van der Waals surface area contributed by atoms with Gasteiger partial charge in [0.15, 0.2) is 4.34 Å². The molecule has 3 rings (SSSR count). The molecule has 5 nitrogen and oxygen atoms in total. The van der Waals surface area contributed by atoms with Crippen molar-refractivity contribution < 1.29 is 4.79 Å². The standard InChI is InChI=1S/C18H17ClN4OS2/c1-4-9-25-18-22-21-17(26-18)20-16(24)14-10-13(7-8-15(14)19)23-11(2)5-6-12(23)3/h4-8,10H,1,9H2,2-3H3,(H,20,21,24).